The Hall–Kier alpha value is -1.13. The number of carbonyl (C=O) groups is 1. The van der Waals surface area contributed by atoms with Gasteiger partial charge in [-0.15, -0.1) is 0 Å². The molecule has 2 aromatic carbocycles. The predicted molar refractivity (Wildman–Crippen MR) is 102 cm³/mol. The van der Waals surface area contributed by atoms with E-state index in [1.54, 1.807) is 0 Å². The minimum Gasteiger partial charge on any atom is -0.494 e. The topological polar surface area (TPSA) is 26.3 Å². The molecule has 0 atom stereocenters. The Labute approximate surface area is 154 Å². The van der Waals surface area contributed by atoms with E-state index in [2.05, 4.69) is 31.9 Å². The maximum absolute atomic E-state index is 12.4. The van der Waals surface area contributed by atoms with E-state index in [-0.39, 0.29) is 5.78 Å². The summed E-state index contributed by atoms with van der Waals surface area (Å²) in [6.07, 6.45) is 4.69. The Morgan fingerprint density at radius 2 is 1.39 bits per heavy atom. The highest BCUT2D eigenvalue weighted by Crippen LogP contribution is 2.17. The van der Waals surface area contributed by atoms with Crippen molar-refractivity contribution >= 4 is 37.6 Å². The number of alkyl halides is 1. The van der Waals surface area contributed by atoms with Gasteiger partial charge in [0.05, 0.1) is 6.61 Å². The van der Waals surface area contributed by atoms with E-state index in [1.807, 2.05) is 48.5 Å². The molecular formula is C19H20Br2O2. The number of rotatable bonds is 9. The first-order valence-electron chi connectivity index (χ1n) is 7.80. The second-order valence-corrected chi connectivity index (χ2v) is 7.02. The molecule has 0 aliphatic rings. The lowest BCUT2D eigenvalue weighted by Gasteiger charge is -2.07. The molecular weight excluding hydrogens is 420 g/mol. The van der Waals surface area contributed by atoms with Crippen LogP contribution in [0.15, 0.2) is 53.0 Å². The number of hydrogen-bond donors (Lipinski definition) is 0. The molecule has 0 radical (unpaired) electrons. The quantitative estimate of drug-likeness (QED) is 0.271. The van der Waals surface area contributed by atoms with E-state index in [1.165, 1.54) is 19.3 Å². The van der Waals surface area contributed by atoms with Crippen LogP contribution in [0, 0.1) is 0 Å². The zero-order valence-electron chi connectivity index (χ0n) is 12.9. The lowest BCUT2D eigenvalue weighted by atomic mass is 10.0. The van der Waals surface area contributed by atoms with E-state index in [4.69, 9.17) is 4.74 Å². The van der Waals surface area contributed by atoms with Crippen LogP contribution >= 0.6 is 31.9 Å². The molecule has 0 heterocycles. The smallest absolute Gasteiger partial charge is 0.193 e. The third kappa shape index (κ3) is 6.11. The average molecular weight is 440 g/mol. The third-order valence-electron chi connectivity index (χ3n) is 3.52. The highest BCUT2D eigenvalue weighted by atomic mass is 79.9. The van der Waals surface area contributed by atoms with E-state index in [9.17, 15) is 4.79 Å². The van der Waals surface area contributed by atoms with E-state index < -0.39 is 0 Å². The monoisotopic (exact) mass is 438 g/mol. The average Bonchev–Trinajstić information content (AvgIpc) is 2.58. The molecule has 122 valence electrons. The first kappa shape index (κ1) is 18.2. The van der Waals surface area contributed by atoms with Crippen LogP contribution in [0.5, 0.6) is 5.75 Å². The molecule has 2 nitrogen and oxygen atoms in total. The van der Waals surface area contributed by atoms with Crippen molar-refractivity contribution in [3.05, 3.63) is 64.1 Å². The van der Waals surface area contributed by atoms with E-state index >= 15 is 0 Å². The van der Waals surface area contributed by atoms with Crippen molar-refractivity contribution in [2.24, 2.45) is 0 Å². The molecule has 0 amide bonds. The number of ketones is 1. The maximum Gasteiger partial charge on any atom is 0.193 e. The van der Waals surface area contributed by atoms with E-state index in [0.29, 0.717) is 11.1 Å². The second kappa shape index (κ2) is 9.89. The highest BCUT2D eigenvalue weighted by molar-refractivity contribution is 9.10. The fourth-order valence-electron chi connectivity index (χ4n) is 2.21. The number of hydrogen-bond acceptors (Lipinski definition) is 2. The van der Waals surface area contributed by atoms with Crippen LogP contribution in [0.4, 0.5) is 0 Å². The van der Waals surface area contributed by atoms with Crippen molar-refractivity contribution in [1.82, 2.24) is 0 Å². The second-order valence-electron chi connectivity index (χ2n) is 5.31. The van der Waals surface area contributed by atoms with Gasteiger partial charge in [0.2, 0.25) is 0 Å². The Morgan fingerprint density at radius 1 is 0.826 bits per heavy atom. The molecule has 0 aliphatic carbocycles. The van der Waals surface area contributed by atoms with Crippen molar-refractivity contribution in [3.63, 3.8) is 0 Å². The van der Waals surface area contributed by atoms with Crippen molar-refractivity contribution < 1.29 is 9.53 Å². The molecule has 0 saturated heterocycles. The molecule has 0 bridgehead atoms. The van der Waals surface area contributed by atoms with Gasteiger partial charge in [-0.05, 0) is 61.4 Å². The molecule has 0 saturated carbocycles. The van der Waals surface area contributed by atoms with Gasteiger partial charge in [0.1, 0.15) is 5.75 Å². The van der Waals surface area contributed by atoms with Gasteiger partial charge in [-0.2, -0.15) is 0 Å². The molecule has 0 N–H and O–H groups in total. The summed E-state index contributed by atoms with van der Waals surface area (Å²) in [7, 11) is 0. The summed E-state index contributed by atoms with van der Waals surface area (Å²) in [5.74, 6) is 0.844. The summed E-state index contributed by atoms with van der Waals surface area (Å²) >= 11 is 6.81. The number of carbonyl (C=O) groups excluding carboxylic acids is 1. The Morgan fingerprint density at radius 3 is 2.00 bits per heavy atom. The fourth-order valence-corrected chi connectivity index (χ4v) is 2.87. The molecule has 0 fully saturated rings. The van der Waals surface area contributed by atoms with E-state index in [0.717, 1.165) is 28.6 Å². The molecule has 0 spiro atoms. The minimum absolute atomic E-state index is 0.0267. The standard InChI is InChI=1S/C19H20Br2O2/c20-13-3-1-2-4-14-23-18-11-7-16(8-12-18)19(22)15-5-9-17(21)10-6-15/h5-12H,1-4,13-14H2. The summed E-state index contributed by atoms with van der Waals surface area (Å²) in [6, 6.07) is 14.8. The number of halogens is 2. The zero-order chi connectivity index (χ0) is 16.5. The minimum atomic E-state index is 0.0267. The SMILES string of the molecule is O=C(c1ccc(Br)cc1)c1ccc(OCCCCCCBr)cc1. The molecule has 0 aliphatic heterocycles. The van der Waals surface area contributed by atoms with Crippen LogP contribution in [-0.2, 0) is 0 Å². The summed E-state index contributed by atoms with van der Waals surface area (Å²) in [5.41, 5.74) is 1.37. The zero-order valence-corrected chi connectivity index (χ0v) is 16.1. The lowest BCUT2D eigenvalue weighted by molar-refractivity contribution is 0.103. The molecule has 0 unspecified atom stereocenters. The Bertz CT molecular complexity index is 606. The number of unbranched alkanes of at least 4 members (excludes halogenated alkanes) is 3. The highest BCUT2D eigenvalue weighted by Gasteiger charge is 2.08. The summed E-state index contributed by atoms with van der Waals surface area (Å²) in [6.45, 7) is 0.724. The maximum atomic E-state index is 12.4. The Balaban J connectivity index is 1.84. The Kier molecular flexibility index (Phi) is 7.83. The van der Waals surface area contributed by atoms with Crippen LogP contribution < -0.4 is 4.74 Å². The van der Waals surface area contributed by atoms with Crippen LogP contribution in [-0.4, -0.2) is 17.7 Å². The largest absolute Gasteiger partial charge is 0.494 e. The van der Waals surface area contributed by atoms with Gasteiger partial charge in [0, 0.05) is 20.9 Å². The van der Waals surface area contributed by atoms with Gasteiger partial charge < -0.3 is 4.74 Å². The van der Waals surface area contributed by atoms with Crippen molar-refractivity contribution in [1.29, 1.82) is 0 Å². The normalized spacial score (nSPS) is 10.5. The van der Waals surface area contributed by atoms with Gasteiger partial charge in [-0.1, -0.05) is 44.7 Å². The third-order valence-corrected chi connectivity index (χ3v) is 4.61. The van der Waals surface area contributed by atoms with Crippen molar-refractivity contribution in [3.8, 4) is 5.75 Å². The first-order valence-corrected chi connectivity index (χ1v) is 9.71. The van der Waals surface area contributed by atoms with Crippen LogP contribution in [0.25, 0.3) is 0 Å². The molecule has 23 heavy (non-hydrogen) atoms. The van der Waals surface area contributed by atoms with Gasteiger partial charge in [-0.25, -0.2) is 0 Å². The first-order chi connectivity index (χ1) is 11.2. The predicted octanol–water partition coefficient (Wildman–Crippen LogP) is 6.01. The van der Waals surface area contributed by atoms with Crippen LogP contribution in [0.1, 0.15) is 41.6 Å². The van der Waals surface area contributed by atoms with Gasteiger partial charge >= 0.3 is 0 Å². The van der Waals surface area contributed by atoms with Gasteiger partial charge in [0.25, 0.3) is 0 Å². The van der Waals surface area contributed by atoms with Crippen molar-refractivity contribution in [2.75, 3.05) is 11.9 Å². The number of benzene rings is 2. The molecule has 0 aromatic heterocycles. The van der Waals surface area contributed by atoms with Crippen LogP contribution in [0.3, 0.4) is 0 Å². The van der Waals surface area contributed by atoms with Crippen molar-refractivity contribution in [2.45, 2.75) is 25.7 Å². The lowest BCUT2D eigenvalue weighted by Crippen LogP contribution is -2.02. The van der Waals surface area contributed by atoms with Crippen LogP contribution in [0.2, 0.25) is 0 Å². The molecule has 4 heteroatoms. The summed E-state index contributed by atoms with van der Waals surface area (Å²) in [5, 5.41) is 1.07. The van der Waals surface area contributed by atoms with Gasteiger partial charge in [-0.3, -0.25) is 4.79 Å². The number of ether oxygens (including phenoxy) is 1. The summed E-state index contributed by atoms with van der Waals surface area (Å²) in [4.78, 5) is 12.4. The molecule has 2 aromatic rings. The summed E-state index contributed by atoms with van der Waals surface area (Å²) < 4.78 is 6.68. The van der Waals surface area contributed by atoms with Gasteiger partial charge in [0.15, 0.2) is 5.78 Å². The fraction of sp³-hybridized carbons (Fsp3) is 0.316. The molecule has 2 rings (SSSR count).